The molecule has 0 radical (unpaired) electrons. The predicted octanol–water partition coefficient (Wildman–Crippen LogP) is 1.24. The van der Waals surface area contributed by atoms with Gasteiger partial charge in [0.1, 0.15) is 0 Å². The standard InChI is InChI=1S/C9H20F2N2O2S/c1-4-5-13(7-9(2,3)6-12)16(14,15)8(10)11/h8H,4-7,12H2,1-3H3. The minimum atomic E-state index is -4.50. The first kappa shape index (κ1) is 15.7. The Morgan fingerprint density at radius 2 is 1.88 bits per heavy atom. The van der Waals surface area contributed by atoms with Gasteiger partial charge < -0.3 is 5.73 Å². The topological polar surface area (TPSA) is 63.4 Å². The highest BCUT2D eigenvalue weighted by Gasteiger charge is 2.34. The maximum atomic E-state index is 12.4. The van der Waals surface area contributed by atoms with Crippen molar-refractivity contribution in [2.75, 3.05) is 19.6 Å². The molecule has 0 aromatic heterocycles. The molecule has 4 nitrogen and oxygen atoms in total. The van der Waals surface area contributed by atoms with Crippen molar-refractivity contribution in [1.82, 2.24) is 4.31 Å². The highest BCUT2D eigenvalue weighted by Crippen LogP contribution is 2.20. The molecule has 0 aliphatic rings. The Balaban J connectivity index is 4.89. The molecule has 0 amide bonds. The zero-order valence-corrected chi connectivity index (χ0v) is 10.7. The van der Waals surface area contributed by atoms with Gasteiger partial charge in [0.2, 0.25) is 0 Å². The average molecular weight is 258 g/mol. The first-order valence-electron chi connectivity index (χ1n) is 5.14. The summed E-state index contributed by atoms with van der Waals surface area (Å²) in [5.74, 6) is -3.37. The minimum Gasteiger partial charge on any atom is -0.330 e. The van der Waals surface area contributed by atoms with Gasteiger partial charge in [-0.3, -0.25) is 0 Å². The molecule has 0 unspecified atom stereocenters. The third kappa shape index (κ3) is 4.31. The average Bonchev–Trinajstić information content (AvgIpc) is 2.16. The van der Waals surface area contributed by atoms with E-state index >= 15 is 0 Å². The third-order valence-corrected chi connectivity index (χ3v) is 3.70. The fourth-order valence-corrected chi connectivity index (χ4v) is 2.39. The smallest absolute Gasteiger partial charge is 0.330 e. The SMILES string of the molecule is CCCN(CC(C)(C)CN)S(=O)(=O)C(F)F. The largest absolute Gasteiger partial charge is 0.350 e. The minimum absolute atomic E-state index is 0.0179. The Kier molecular flexibility index (Phi) is 5.78. The van der Waals surface area contributed by atoms with Crippen LogP contribution in [0.2, 0.25) is 0 Å². The van der Waals surface area contributed by atoms with Crippen LogP contribution in [0, 0.1) is 5.41 Å². The van der Waals surface area contributed by atoms with Gasteiger partial charge in [0.25, 0.3) is 10.0 Å². The summed E-state index contributed by atoms with van der Waals surface area (Å²) in [7, 11) is -4.50. The Hall–Kier alpha value is -0.270. The van der Waals surface area contributed by atoms with Gasteiger partial charge in [-0.2, -0.15) is 13.1 Å². The number of nitrogens with two attached hydrogens (primary N) is 1. The van der Waals surface area contributed by atoms with Crippen molar-refractivity contribution < 1.29 is 17.2 Å². The van der Waals surface area contributed by atoms with Crippen LogP contribution in [-0.4, -0.2) is 38.1 Å². The summed E-state index contributed by atoms with van der Waals surface area (Å²) < 4.78 is 48.3. The molecule has 0 aliphatic heterocycles. The highest BCUT2D eigenvalue weighted by molar-refractivity contribution is 7.89. The molecular formula is C9H20F2N2O2S. The Bertz CT molecular complexity index is 305. The molecule has 0 atom stereocenters. The maximum Gasteiger partial charge on any atom is 0.350 e. The van der Waals surface area contributed by atoms with E-state index in [1.807, 2.05) is 0 Å². The molecule has 0 saturated heterocycles. The summed E-state index contributed by atoms with van der Waals surface area (Å²) >= 11 is 0. The summed E-state index contributed by atoms with van der Waals surface area (Å²) in [6.07, 6.45) is 0.493. The second kappa shape index (κ2) is 5.88. The van der Waals surface area contributed by atoms with Crippen LogP contribution in [0.4, 0.5) is 8.78 Å². The van der Waals surface area contributed by atoms with Crippen LogP contribution >= 0.6 is 0 Å². The van der Waals surface area contributed by atoms with Crippen molar-refractivity contribution in [3.63, 3.8) is 0 Å². The zero-order chi connectivity index (χ0) is 13.0. The van der Waals surface area contributed by atoms with E-state index in [9.17, 15) is 17.2 Å². The van der Waals surface area contributed by atoms with Gasteiger partial charge in [-0.15, -0.1) is 0 Å². The van der Waals surface area contributed by atoms with Crippen molar-refractivity contribution in [3.05, 3.63) is 0 Å². The number of nitrogens with zero attached hydrogens (tertiary/aromatic N) is 1. The zero-order valence-electron chi connectivity index (χ0n) is 9.91. The van der Waals surface area contributed by atoms with E-state index in [-0.39, 0.29) is 19.6 Å². The normalized spacial score (nSPS) is 13.8. The Morgan fingerprint density at radius 3 is 2.19 bits per heavy atom. The van der Waals surface area contributed by atoms with E-state index in [1.54, 1.807) is 20.8 Å². The summed E-state index contributed by atoms with van der Waals surface area (Å²) in [6.45, 7) is 5.59. The van der Waals surface area contributed by atoms with E-state index < -0.39 is 21.2 Å². The molecule has 16 heavy (non-hydrogen) atoms. The van der Waals surface area contributed by atoms with Gasteiger partial charge in [0, 0.05) is 13.1 Å². The number of hydrogen-bond donors (Lipinski definition) is 1. The van der Waals surface area contributed by atoms with Crippen LogP contribution in [0.5, 0.6) is 0 Å². The molecule has 0 spiro atoms. The molecular weight excluding hydrogens is 238 g/mol. The number of sulfonamides is 1. The predicted molar refractivity (Wildman–Crippen MR) is 59.6 cm³/mol. The van der Waals surface area contributed by atoms with Gasteiger partial charge in [0.15, 0.2) is 0 Å². The molecule has 0 saturated carbocycles. The van der Waals surface area contributed by atoms with Crippen LogP contribution < -0.4 is 5.73 Å². The number of rotatable bonds is 7. The lowest BCUT2D eigenvalue weighted by molar-refractivity contribution is 0.203. The van der Waals surface area contributed by atoms with E-state index in [2.05, 4.69) is 0 Å². The lowest BCUT2D eigenvalue weighted by Crippen LogP contribution is -2.44. The van der Waals surface area contributed by atoms with Crippen molar-refractivity contribution in [1.29, 1.82) is 0 Å². The number of halogens is 2. The van der Waals surface area contributed by atoms with Crippen molar-refractivity contribution >= 4 is 10.0 Å². The number of alkyl halides is 2. The van der Waals surface area contributed by atoms with Crippen molar-refractivity contribution in [2.24, 2.45) is 11.1 Å². The Morgan fingerprint density at radius 1 is 1.38 bits per heavy atom. The molecule has 7 heteroatoms. The van der Waals surface area contributed by atoms with E-state index in [0.717, 1.165) is 4.31 Å². The van der Waals surface area contributed by atoms with Crippen LogP contribution in [0.25, 0.3) is 0 Å². The lowest BCUT2D eigenvalue weighted by atomic mass is 9.94. The fourth-order valence-electron chi connectivity index (χ4n) is 1.20. The number of hydrogen-bond acceptors (Lipinski definition) is 3. The van der Waals surface area contributed by atoms with Gasteiger partial charge in [-0.25, -0.2) is 8.42 Å². The lowest BCUT2D eigenvalue weighted by Gasteiger charge is -2.30. The molecule has 0 fully saturated rings. The van der Waals surface area contributed by atoms with Crippen LogP contribution in [0.15, 0.2) is 0 Å². The van der Waals surface area contributed by atoms with Crippen molar-refractivity contribution in [2.45, 2.75) is 32.9 Å². The second-order valence-corrected chi connectivity index (χ2v) is 6.41. The maximum absolute atomic E-state index is 12.4. The summed E-state index contributed by atoms with van der Waals surface area (Å²) in [5, 5.41) is 0. The highest BCUT2D eigenvalue weighted by atomic mass is 32.2. The fraction of sp³-hybridized carbons (Fsp3) is 1.00. The van der Waals surface area contributed by atoms with Gasteiger partial charge in [0.05, 0.1) is 0 Å². The van der Waals surface area contributed by atoms with Gasteiger partial charge in [-0.05, 0) is 18.4 Å². The first-order valence-corrected chi connectivity index (χ1v) is 6.65. The van der Waals surface area contributed by atoms with Gasteiger partial charge >= 0.3 is 5.76 Å². The quantitative estimate of drug-likeness (QED) is 0.747. The van der Waals surface area contributed by atoms with Crippen LogP contribution in [0.1, 0.15) is 27.2 Å². The molecule has 0 bridgehead atoms. The molecule has 0 aliphatic carbocycles. The second-order valence-electron chi connectivity index (χ2n) is 4.51. The molecule has 98 valence electrons. The molecule has 2 N–H and O–H groups in total. The van der Waals surface area contributed by atoms with E-state index in [1.165, 1.54) is 0 Å². The Labute approximate surface area is 95.9 Å². The van der Waals surface area contributed by atoms with Crippen molar-refractivity contribution in [3.8, 4) is 0 Å². The monoisotopic (exact) mass is 258 g/mol. The molecule has 0 aromatic rings. The first-order chi connectivity index (χ1) is 7.17. The van der Waals surface area contributed by atoms with Gasteiger partial charge in [-0.1, -0.05) is 20.8 Å². The third-order valence-electron chi connectivity index (χ3n) is 2.22. The van der Waals surface area contributed by atoms with Crippen LogP contribution in [0.3, 0.4) is 0 Å². The molecule has 0 rings (SSSR count). The van der Waals surface area contributed by atoms with E-state index in [4.69, 9.17) is 5.73 Å². The summed E-state index contributed by atoms with van der Waals surface area (Å²) in [4.78, 5) is 0. The summed E-state index contributed by atoms with van der Waals surface area (Å²) in [5.41, 5.74) is 4.96. The molecule has 0 heterocycles. The van der Waals surface area contributed by atoms with E-state index in [0.29, 0.717) is 6.42 Å². The molecule has 0 aromatic carbocycles. The van der Waals surface area contributed by atoms with Crippen LogP contribution in [-0.2, 0) is 10.0 Å². The summed E-state index contributed by atoms with van der Waals surface area (Å²) in [6, 6.07) is 0.